The van der Waals surface area contributed by atoms with Gasteiger partial charge in [0, 0.05) is 31.1 Å². The summed E-state index contributed by atoms with van der Waals surface area (Å²) < 4.78 is 0. The van der Waals surface area contributed by atoms with Crippen LogP contribution in [-0.2, 0) is 0 Å². The van der Waals surface area contributed by atoms with Gasteiger partial charge in [0.25, 0.3) is 0 Å². The average Bonchev–Trinajstić information content (AvgIpc) is 0. The largest absolute Gasteiger partial charge is 0.412 e. The molecule has 4 heavy (non-hydrogen) atoms. The Labute approximate surface area is 48.3 Å². The van der Waals surface area contributed by atoms with Crippen LogP contribution in [0, 0.1) is 31.1 Å². The Hall–Kier alpha value is 0.932. The maximum Gasteiger partial charge on any atom is 0 e. The van der Waals surface area contributed by atoms with Crippen LogP contribution >= 0.6 is 0 Å². The van der Waals surface area contributed by atoms with Gasteiger partial charge in [-0.15, -0.1) is 0 Å². The number of rotatable bonds is 0. The zero-order chi connectivity index (χ0) is 0. The van der Waals surface area contributed by atoms with Gasteiger partial charge in [-0.25, -0.2) is 0 Å². The van der Waals surface area contributed by atoms with Crippen LogP contribution in [-0.4, -0.2) is 11.0 Å². The van der Waals surface area contributed by atoms with Gasteiger partial charge in [-0.1, -0.05) is 0 Å². The van der Waals surface area contributed by atoms with Gasteiger partial charge in [-0.2, -0.15) is 0 Å². The molecule has 3 nitrogen and oxygen atoms in total. The van der Waals surface area contributed by atoms with E-state index in [-0.39, 0.29) is 48.2 Å². The molecule has 0 saturated heterocycles. The Balaban J connectivity index is 0. The van der Waals surface area contributed by atoms with Crippen LogP contribution in [0.1, 0.15) is 0 Å². The molecule has 0 unspecified atom stereocenters. The molecule has 0 fully saturated rings. The van der Waals surface area contributed by atoms with Crippen LogP contribution in [0.4, 0.5) is 0 Å². The average molecular weight is 291 g/mol. The minimum Gasteiger partial charge on any atom is -0.412 e. The topological polar surface area (TPSA) is 98.0 Å². The molecule has 0 aliphatic rings. The normalized spacial score (nSPS) is 0. The van der Waals surface area contributed by atoms with Crippen LogP contribution in [0.5, 0.6) is 0 Å². The van der Waals surface area contributed by atoms with E-state index in [0.29, 0.717) is 0 Å². The molecule has 0 radical (unpaired) electrons. The van der Waals surface area contributed by atoms with Crippen molar-refractivity contribution in [2.24, 2.45) is 0 Å². The third-order valence-electron chi connectivity index (χ3n) is 0. The Morgan fingerprint density at radius 1 is 0.750 bits per heavy atom. The standard InChI is InChI=1S/H3N.2H2O.U/h1H3;2*1H2;. The molecule has 0 spiro atoms. The molecule has 0 aliphatic carbocycles. The SMILES string of the molecule is N.O.O.[U]. The van der Waals surface area contributed by atoms with Crippen molar-refractivity contribution in [3.63, 3.8) is 0 Å². The second-order valence-corrected chi connectivity index (χ2v) is 0. The number of hydrogen-bond acceptors (Lipinski definition) is 1. The van der Waals surface area contributed by atoms with Gasteiger partial charge in [0.1, 0.15) is 0 Å². The van der Waals surface area contributed by atoms with E-state index in [1.807, 2.05) is 0 Å². The molecule has 4 heteroatoms. The van der Waals surface area contributed by atoms with Crippen molar-refractivity contribution in [1.29, 1.82) is 0 Å². The minimum atomic E-state index is 0. The van der Waals surface area contributed by atoms with E-state index < -0.39 is 0 Å². The monoisotopic (exact) mass is 291 g/mol. The molecule has 0 saturated carbocycles. The second-order valence-electron chi connectivity index (χ2n) is 0. The van der Waals surface area contributed by atoms with Crippen LogP contribution in [0.15, 0.2) is 0 Å². The maximum atomic E-state index is 0. The third-order valence-corrected chi connectivity index (χ3v) is 0. The second kappa shape index (κ2) is 38.9. The van der Waals surface area contributed by atoms with Crippen molar-refractivity contribution in [3.05, 3.63) is 0 Å². The molecule has 0 aromatic rings. The van der Waals surface area contributed by atoms with Gasteiger partial charge >= 0.3 is 0 Å². The zero-order valence-corrected chi connectivity index (χ0v) is 6.37. The molecule has 0 heterocycles. The first-order valence-corrected chi connectivity index (χ1v) is 0. The fourth-order valence-electron chi connectivity index (χ4n) is 0. The quantitative estimate of drug-likeness (QED) is 0.578. The summed E-state index contributed by atoms with van der Waals surface area (Å²) in [4.78, 5) is 0. The first-order valence-electron chi connectivity index (χ1n) is 0. The summed E-state index contributed by atoms with van der Waals surface area (Å²) >= 11 is 0. The predicted octanol–water partition coefficient (Wildman–Crippen LogP) is -1.49. The molecule has 0 bridgehead atoms. The van der Waals surface area contributed by atoms with Crippen LogP contribution in [0.25, 0.3) is 0 Å². The van der Waals surface area contributed by atoms with Gasteiger partial charge in [-0.3, -0.25) is 0 Å². The molecule has 7 N–H and O–H groups in total. The summed E-state index contributed by atoms with van der Waals surface area (Å²) in [5.74, 6) is 0. The van der Waals surface area contributed by atoms with Gasteiger partial charge < -0.3 is 17.1 Å². The van der Waals surface area contributed by atoms with Crippen molar-refractivity contribution in [1.82, 2.24) is 6.15 Å². The third kappa shape index (κ3) is 12.6. The molecule has 0 aromatic carbocycles. The fraction of sp³-hybridized carbons (Fsp3) is 0. The number of hydrogen-bond donors (Lipinski definition) is 1. The molecular weight excluding hydrogens is 284 g/mol. The summed E-state index contributed by atoms with van der Waals surface area (Å²) in [6.45, 7) is 0. The summed E-state index contributed by atoms with van der Waals surface area (Å²) in [5.41, 5.74) is 0. The minimum absolute atomic E-state index is 0. The maximum absolute atomic E-state index is 0. The smallest absolute Gasteiger partial charge is 0 e. The van der Waals surface area contributed by atoms with E-state index in [2.05, 4.69) is 0 Å². The van der Waals surface area contributed by atoms with Gasteiger partial charge in [0.2, 0.25) is 0 Å². The Morgan fingerprint density at radius 2 is 0.750 bits per heavy atom. The van der Waals surface area contributed by atoms with E-state index in [1.165, 1.54) is 0 Å². The summed E-state index contributed by atoms with van der Waals surface area (Å²) in [7, 11) is 0. The van der Waals surface area contributed by atoms with Gasteiger partial charge in [0.05, 0.1) is 0 Å². The van der Waals surface area contributed by atoms with Crippen molar-refractivity contribution in [2.45, 2.75) is 0 Å². The fourth-order valence-corrected chi connectivity index (χ4v) is 0. The van der Waals surface area contributed by atoms with Gasteiger partial charge in [0.15, 0.2) is 0 Å². The molecule has 0 atom stereocenters. The predicted molar refractivity (Wildman–Crippen MR) is 12.2 cm³/mol. The van der Waals surface area contributed by atoms with E-state index in [0.717, 1.165) is 0 Å². The first kappa shape index (κ1) is 87.8. The Bertz CT molecular complexity index is 6.00. The van der Waals surface area contributed by atoms with E-state index in [4.69, 9.17) is 0 Å². The molecule has 0 aliphatic heterocycles. The molecular formula is H7NO2U. The van der Waals surface area contributed by atoms with Crippen molar-refractivity contribution in [2.75, 3.05) is 0 Å². The summed E-state index contributed by atoms with van der Waals surface area (Å²) in [5, 5.41) is 0. The molecule has 0 amide bonds. The zero-order valence-electron chi connectivity index (χ0n) is 2.21. The molecule has 0 aromatic heterocycles. The van der Waals surface area contributed by atoms with E-state index in [1.54, 1.807) is 0 Å². The first-order chi connectivity index (χ1) is 0. The van der Waals surface area contributed by atoms with Crippen molar-refractivity contribution >= 4 is 0 Å². The van der Waals surface area contributed by atoms with Crippen LogP contribution in [0.2, 0.25) is 0 Å². The van der Waals surface area contributed by atoms with E-state index >= 15 is 0 Å². The summed E-state index contributed by atoms with van der Waals surface area (Å²) in [6, 6.07) is 0. The van der Waals surface area contributed by atoms with Gasteiger partial charge in [-0.05, 0) is 0 Å². The Kier molecular flexibility index (Phi) is 854. The van der Waals surface area contributed by atoms with Crippen LogP contribution in [0.3, 0.4) is 0 Å². The van der Waals surface area contributed by atoms with Crippen LogP contribution < -0.4 is 6.15 Å². The van der Waals surface area contributed by atoms with Crippen molar-refractivity contribution < 1.29 is 42.1 Å². The Morgan fingerprint density at radius 3 is 0.750 bits per heavy atom. The molecule has 0 rings (SSSR count). The summed E-state index contributed by atoms with van der Waals surface area (Å²) in [6.07, 6.45) is 0. The van der Waals surface area contributed by atoms with Crippen molar-refractivity contribution in [3.8, 4) is 0 Å². The van der Waals surface area contributed by atoms with E-state index in [9.17, 15) is 0 Å². The molecule has 28 valence electrons.